The van der Waals surface area contributed by atoms with Crippen molar-refractivity contribution in [3.63, 3.8) is 0 Å². The molecular formula is C13H18N2O2. The van der Waals surface area contributed by atoms with Crippen LogP contribution in [0, 0.1) is 0 Å². The summed E-state index contributed by atoms with van der Waals surface area (Å²) in [6, 6.07) is 5.11. The van der Waals surface area contributed by atoms with Gasteiger partial charge >= 0.3 is 0 Å². The first-order chi connectivity index (χ1) is 8.27. The van der Waals surface area contributed by atoms with E-state index in [1.807, 2.05) is 11.0 Å². The van der Waals surface area contributed by atoms with Gasteiger partial charge in [-0.25, -0.2) is 0 Å². The molecule has 1 fully saturated rings. The Morgan fingerprint density at radius 3 is 2.71 bits per heavy atom. The molecule has 0 bridgehead atoms. The molecule has 2 heterocycles. The van der Waals surface area contributed by atoms with E-state index in [-0.39, 0.29) is 11.5 Å². The predicted molar refractivity (Wildman–Crippen MR) is 65.8 cm³/mol. The first-order valence-electron chi connectivity index (χ1n) is 6.20. The van der Waals surface area contributed by atoms with Crippen LogP contribution >= 0.6 is 0 Å². The topological polar surface area (TPSA) is 42.3 Å². The molecule has 92 valence electrons. The second-order valence-corrected chi connectivity index (χ2v) is 4.42. The number of hydrogen-bond acceptors (Lipinski definition) is 2. The molecule has 4 nitrogen and oxygen atoms in total. The normalized spacial score (nSPS) is 15.2. The molecule has 0 spiro atoms. The smallest absolute Gasteiger partial charge is 0.250 e. The lowest BCUT2D eigenvalue weighted by Crippen LogP contribution is -2.28. The Balaban J connectivity index is 1.78. The number of likely N-dealkylation sites (tertiary alicyclic amines) is 1. The summed E-state index contributed by atoms with van der Waals surface area (Å²) in [5.41, 5.74) is 0.00104. The monoisotopic (exact) mass is 234 g/mol. The number of amides is 1. The highest BCUT2D eigenvalue weighted by molar-refractivity contribution is 5.76. The number of aromatic nitrogens is 1. The quantitative estimate of drug-likeness (QED) is 0.787. The van der Waals surface area contributed by atoms with Crippen LogP contribution in [0.2, 0.25) is 0 Å². The summed E-state index contributed by atoms with van der Waals surface area (Å²) < 4.78 is 1.65. The molecule has 0 aromatic carbocycles. The van der Waals surface area contributed by atoms with Gasteiger partial charge in [0.15, 0.2) is 0 Å². The summed E-state index contributed by atoms with van der Waals surface area (Å²) in [4.78, 5) is 25.1. The van der Waals surface area contributed by atoms with Gasteiger partial charge in [0.05, 0.1) is 0 Å². The van der Waals surface area contributed by atoms with Gasteiger partial charge in [0.2, 0.25) is 11.5 Å². The van der Waals surface area contributed by atoms with Gasteiger partial charge < -0.3 is 9.47 Å². The van der Waals surface area contributed by atoms with E-state index in [0.29, 0.717) is 13.0 Å². The zero-order chi connectivity index (χ0) is 12.1. The van der Waals surface area contributed by atoms with Gasteiger partial charge in [-0.15, -0.1) is 0 Å². The average Bonchev–Trinajstić information content (AvgIpc) is 2.85. The molecule has 2 rings (SSSR count). The van der Waals surface area contributed by atoms with Crippen molar-refractivity contribution in [2.45, 2.75) is 32.2 Å². The lowest BCUT2D eigenvalue weighted by atomic mass is 10.2. The van der Waals surface area contributed by atoms with Crippen LogP contribution in [-0.2, 0) is 11.3 Å². The summed E-state index contributed by atoms with van der Waals surface area (Å²) >= 11 is 0. The molecule has 0 atom stereocenters. The van der Waals surface area contributed by atoms with Gasteiger partial charge in [-0.3, -0.25) is 9.59 Å². The third-order valence-electron chi connectivity index (χ3n) is 3.15. The maximum atomic E-state index is 11.8. The molecule has 1 aromatic heterocycles. The molecule has 0 unspecified atom stereocenters. The molecular weight excluding hydrogens is 216 g/mol. The van der Waals surface area contributed by atoms with E-state index in [2.05, 4.69) is 0 Å². The molecule has 1 aliphatic heterocycles. The fourth-order valence-corrected chi connectivity index (χ4v) is 2.17. The number of hydrogen-bond donors (Lipinski definition) is 0. The highest BCUT2D eigenvalue weighted by Crippen LogP contribution is 2.09. The second kappa shape index (κ2) is 5.66. The minimum atomic E-state index is 0.00104. The molecule has 4 heteroatoms. The Morgan fingerprint density at radius 1 is 1.24 bits per heavy atom. The summed E-state index contributed by atoms with van der Waals surface area (Å²) in [5.74, 6) is 0.228. The van der Waals surface area contributed by atoms with E-state index in [0.717, 1.165) is 32.4 Å². The predicted octanol–water partition coefficient (Wildman–Crippen LogP) is 1.25. The third-order valence-corrected chi connectivity index (χ3v) is 3.15. The van der Waals surface area contributed by atoms with Crippen molar-refractivity contribution in [2.75, 3.05) is 13.1 Å². The summed E-state index contributed by atoms with van der Waals surface area (Å²) in [5, 5.41) is 0. The number of carbonyl (C=O) groups is 1. The molecule has 0 N–H and O–H groups in total. The van der Waals surface area contributed by atoms with Crippen molar-refractivity contribution in [1.29, 1.82) is 0 Å². The molecule has 0 radical (unpaired) electrons. The van der Waals surface area contributed by atoms with Gasteiger partial charge in [-0.2, -0.15) is 0 Å². The highest BCUT2D eigenvalue weighted by atomic mass is 16.2. The first-order valence-corrected chi connectivity index (χ1v) is 6.20. The molecule has 1 amide bonds. The van der Waals surface area contributed by atoms with Crippen molar-refractivity contribution >= 4 is 5.91 Å². The van der Waals surface area contributed by atoms with Crippen LogP contribution in [0.15, 0.2) is 29.2 Å². The van der Waals surface area contributed by atoms with E-state index in [4.69, 9.17) is 0 Å². The Bertz CT molecular complexity index is 433. The maximum Gasteiger partial charge on any atom is 0.250 e. The van der Waals surface area contributed by atoms with Gasteiger partial charge in [0.25, 0.3) is 0 Å². The van der Waals surface area contributed by atoms with Crippen molar-refractivity contribution in [1.82, 2.24) is 9.47 Å². The highest BCUT2D eigenvalue weighted by Gasteiger charge is 2.16. The van der Waals surface area contributed by atoms with Crippen molar-refractivity contribution in [2.24, 2.45) is 0 Å². The summed E-state index contributed by atoms with van der Waals surface area (Å²) in [6.07, 6.45) is 5.30. The molecule has 0 aliphatic carbocycles. The number of pyridine rings is 1. The fraction of sp³-hybridized carbons (Fsp3) is 0.538. The van der Waals surface area contributed by atoms with Crippen LogP contribution in [0.4, 0.5) is 0 Å². The Labute approximate surface area is 101 Å². The van der Waals surface area contributed by atoms with E-state index in [1.54, 1.807) is 22.9 Å². The van der Waals surface area contributed by atoms with Gasteiger partial charge in [0, 0.05) is 38.3 Å². The molecule has 1 aromatic rings. The van der Waals surface area contributed by atoms with E-state index >= 15 is 0 Å². The summed E-state index contributed by atoms with van der Waals surface area (Å²) in [6.45, 7) is 2.44. The largest absolute Gasteiger partial charge is 0.343 e. The average molecular weight is 234 g/mol. The van der Waals surface area contributed by atoms with Gasteiger partial charge in [-0.05, 0) is 25.3 Å². The van der Waals surface area contributed by atoms with E-state index in [9.17, 15) is 9.59 Å². The SMILES string of the molecule is O=C(CCCn1ccccc1=O)N1CCCC1. The minimum Gasteiger partial charge on any atom is -0.343 e. The lowest BCUT2D eigenvalue weighted by Gasteiger charge is -2.15. The zero-order valence-electron chi connectivity index (χ0n) is 9.97. The minimum absolute atomic E-state index is 0.00104. The van der Waals surface area contributed by atoms with Crippen LogP contribution in [0.3, 0.4) is 0 Å². The Morgan fingerprint density at radius 2 is 2.00 bits per heavy atom. The van der Waals surface area contributed by atoms with Crippen molar-refractivity contribution in [3.8, 4) is 0 Å². The molecule has 1 saturated heterocycles. The van der Waals surface area contributed by atoms with Crippen LogP contribution in [0.25, 0.3) is 0 Å². The van der Waals surface area contributed by atoms with Crippen LogP contribution in [0.5, 0.6) is 0 Å². The standard InChI is InChI=1S/C13H18N2O2/c16-12-6-1-2-8-15(12)11-5-7-13(17)14-9-3-4-10-14/h1-2,6,8H,3-5,7,9-11H2. The summed E-state index contributed by atoms with van der Waals surface area (Å²) in [7, 11) is 0. The third kappa shape index (κ3) is 3.19. The Kier molecular flexibility index (Phi) is 3.96. The number of nitrogens with zero attached hydrogens (tertiary/aromatic N) is 2. The zero-order valence-corrected chi connectivity index (χ0v) is 9.97. The second-order valence-electron chi connectivity index (χ2n) is 4.42. The van der Waals surface area contributed by atoms with E-state index in [1.165, 1.54) is 0 Å². The van der Waals surface area contributed by atoms with Gasteiger partial charge in [-0.1, -0.05) is 6.07 Å². The number of carbonyl (C=O) groups excluding carboxylic acids is 1. The maximum absolute atomic E-state index is 11.8. The number of rotatable bonds is 4. The lowest BCUT2D eigenvalue weighted by molar-refractivity contribution is -0.130. The first kappa shape index (κ1) is 11.9. The van der Waals surface area contributed by atoms with Crippen LogP contribution < -0.4 is 5.56 Å². The molecule has 0 saturated carbocycles. The van der Waals surface area contributed by atoms with E-state index < -0.39 is 0 Å². The van der Waals surface area contributed by atoms with Crippen molar-refractivity contribution < 1.29 is 4.79 Å². The van der Waals surface area contributed by atoms with Gasteiger partial charge in [0.1, 0.15) is 0 Å². The van der Waals surface area contributed by atoms with Crippen LogP contribution in [-0.4, -0.2) is 28.5 Å². The molecule has 1 aliphatic rings. The Hall–Kier alpha value is -1.58. The van der Waals surface area contributed by atoms with Crippen LogP contribution in [0.1, 0.15) is 25.7 Å². The number of aryl methyl sites for hydroxylation is 1. The van der Waals surface area contributed by atoms with Crippen molar-refractivity contribution in [3.05, 3.63) is 34.7 Å². The molecule has 17 heavy (non-hydrogen) atoms. The fourth-order valence-electron chi connectivity index (χ4n) is 2.17.